The molecule has 0 heterocycles. The Kier molecular flexibility index (Phi) is 5.91. The summed E-state index contributed by atoms with van der Waals surface area (Å²) in [5.41, 5.74) is 4.27. The molecule has 2 aromatic rings. The number of rotatable bonds is 5. The van der Waals surface area contributed by atoms with Gasteiger partial charge in [0.2, 0.25) is 0 Å². The Bertz CT molecular complexity index is 817. The quantitative estimate of drug-likeness (QED) is 0.335. The van der Waals surface area contributed by atoms with Crippen LogP contribution in [0.25, 0.3) is 0 Å². The molecular weight excluding hydrogens is 383 g/mol. The molecule has 4 nitrogen and oxygen atoms in total. The van der Waals surface area contributed by atoms with Crippen molar-refractivity contribution in [3.8, 4) is 17.2 Å². The first kappa shape index (κ1) is 19.8. The second-order valence-electron chi connectivity index (χ2n) is 4.94. The van der Waals surface area contributed by atoms with Crippen LogP contribution in [0.3, 0.4) is 0 Å². The molecule has 0 aromatic heterocycles. The van der Waals surface area contributed by atoms with E-state index in [9.17, 15) is 22.0 Å². The summed E-state index contributed by atoms with van der Waals surface area (Å²) in [5, 5.41) is 0. The highest BCUT2D eigenvalue weighted by Gasteiger charge is 2.33. The van der Waals surface area contributed by atoms with Crippen LogP contribution in [0.4, 0.5) is 27.6 Å². The summed E-state index contributed by atoms with van der Waals surface area (Å²) in [6.07, 6.45) is -4.90. The Morgan fingerprint density at radius 3 is 2.23 bits per heavy atom. The molecule has 26 heavy (non-hydrogen) atoms. The van der Waals surface area contributed by atoms with E-state index in [1.54, 1.807) is 0 Å². The first-order valence-corrected chi connectivity index (χ1v) is 7.50. The molecule has 140 valence electrons. The van der Waals surface area contributed by atoms with Crippen LogP contribution >= 0.6 is 11.6 Å². The molecule has 10 heteroatoms. The highest BCUT2D eigenvalue weighted by molar-refractivity contribution is 6.28. The van der Waals surface area contributed by atoms with Gasteiger partial charge in [0.25, 0.3) is 0 Å². The van der Waals surface area contributed by atoms with Crippen molar-refractivity contribution in [3.63, 3.8) is 0 Å². The van der Waals surface area contributed by atoms with Gasteiger partial charge in [0.1, 0.15) is 5.84 Å². The van der Waals surface area contributed by atoms with E-state index in [-0.39, 0.29) is 41.0 Å². The van der Waals surface area contributed by atoms with Gasteiger partial charge in [-0.15, -0.1) is 11.6 Å². The normalized spacial score (nSPS) is 12.2. The predicted molar refractivity (Wildman–Crippen MR) is 86.4 cm³/mol. The van der Waals surface area contributed by atoms with Crippen LogP contribution in [0.1, 0.15) is 5.56 Å². The molecule has 0 atom stereocenters. The van der Waals surface area contributed by atoms with Gasteiger partial charge in [-0.1, -0.05) is 0 Å². The summed E-state index contributed by atoms with van der Waals surface area (Å²) in [6.45, 7) is 0. The molecule has 0 fully saturated rings. The number of methoxy groups -OCH3 is 1. The molecule has 0 bridgehead atoms. The van der Waals surface area contributed by atoms with Gasteiger partial charge in [-0.2, -0.15) is 13.2 Å². The Hall–Kier alpha value is -2.55. The summed E-state index contributed by atoms with van der Waals surface area (Å²) in [6, 6.07) is 4.38. The smallest absolute Gasteiger partial charge is 0.416 e. The Balaban J connectivity index is 2.46. The average Bonchev–Trinajstić information content (AvgIpc) is 2.57. The topological polar surface area (TPSA) is 56.8 Å². The average molecular weight is 395 g/mol. The summed E-state index contributed by atoms with van der Waals surface area (Å²) in [5.74, 6) is -4.12. The van der Waals surface area contributed by atoms with Crippen LogP contribution in [-0.4, -0.2) is 18.8 Å². The number of benzene rings is 2. The molecule has 0 saturated heterocycles. The third-order valence-corrected chi connectivity index (χ3v) is 3.37. The highest BCUT2D eigenvalue weighted by atomic mass is 35.5. The van der Waals surface area contributed by atoms with E-state index in [0.29, 0.717) is 0 Å². The maximum atomic E-state index is 14.0. The standard InChI is InChI=1S/C16H12ClF5N2O2/c1-25-12-3-2-9(24-14(23)7-17)6-13(12)26-15-10(18)4-8(5-11(15)19)16(20,21)22/h2-6H,7H2,1H3,(H2,23,24). The number of nitrogens with two attached hydrogens (primary N) is 1. The summed E-state index contributed by atoms with van der Waals surface area (Å²) >= 11 is 5.52. The van der Waals surface area contributed by atoms with Crippen molar-refractivity contribution >= 4 is 23.1 Å². The molecule has 0 amide bonds. The van der Waals surface area contributed by atoms with Crippen molar-refractivity contribution in [1.29, 1.82) is 0 Å². The van der Waals surface area contributed by atoms with Gasteiger partial charge in [0, 0.05) is 6.07 Å². The zero-order valence-corrected chi connectivity index (χ0v) is 14.0. The number of aliphatic imine (C=N–C) groups is 1. The SMILES string of the molecule is COc1ccc(N=C(N)CCl)cc1Oc1c(F)cc(C(F)(F)F)cc1F. The number of ether oxygens (including phenoxy) is 2. The second-order valence-corrected chi connectivity index (χ2v) is 5.21. The molecule has 0 aliphatic heterocycles. The van der Waals surface area contributed by atoms with Crippen LogP contribution in [0.15, 0.2) is 35.3 Å². The Morgan fingerprint density at radius 1 is 1.12 bits per heavy atom. The maximum Gasteiger partial charge on any atom is 0.416 e. The monoisotopic (exact) mass is 394 g/mol. The van der Waals surface area contributed by atoms with E-state index in [1.165, 1.54) is 25.3 Å². The van der Waals surface area contributed by atoms with Crippen molar-refractivity contribution in [2.75, 3.05) is 13.0 Å². The van der Waals surface area contributed by atoms with Crippen LogP contribution in [-0.2, 0) is 6.18 Å². The first-order valence-electron chi connectivity index (χ1n) is 6.96. The number of hydrogen-bond acceptors (Lipinski definition) is 3. The molecule has 0 aliphatic carbocycles. The maximum absolute atomic E-state index is 14.0. The van der Waals surface area contributed by atoms with Gasteiger partial charge in [-0.25, -0.2) is 13.8 Å². The second kappa shape index (κ2) is 7.77. The molecule has 0 saturated carbocycles. The predicted octanol–water partition coefficient (Wildman–Crippen LogP) is 5.01. The molecule has 0 radical (unpaired) electrons. The highest BCUT2D eigenvalue weighted by Crippen LogP contribution is 2.39. The molecule has 0 unspecified atom stereocenters. The van der Waals surface area contributed by atoms with Crippen LogP contribution in [0.5, 0.6) is 17.2 Å². The number of halogens is 6. The number of nitrogens with zero attached hydrogens (tertiary/aromatic N) is 1. The van der Waals surface area contributed by atoms with Crippen LogP contribution in [0, 0.1) is 11.6 Å². The van der Waals surface area contributed by atoms with Gasteiger partial charge in [-0.3, -0.25) is 0 Å². The van der Waals surface area contributed by atoms with Crippen molar-refractivity contribution in [1.82, 2.24) is 0 Å². The molecule has 0 spiro atoms. The van der Waals surface area contributed by atoms with E-state index < -0.39 is 29.1 Å². The molecule has 2 rings (SSSR count). The minimum Gasteiger partial charge on any atom is -0.493 e. The van der Waals surface area contributed by atoms with Gasteiger partial charge in [0.15, 0.2) is 28.9 Å². The molecule has 2 N–H and O–H groups in total. The fraction of sp³-hybridized carbons (Fsp3) is 0.188. The molecular formula is C16H12ClF5N2O2. The minimum atomic E-state index is -4.90. The largest absolute Gasteiger partial charge is 0.493 e. The van der Waals surface area contributed by atoms with Crippen molar-refractivity contribution in [2.24, 2.45) is 10.7 Å². The summed E-state index contributed by atoms with van der Waals surface area (Å²) in [7, 11) is 1.28. The lowest BCUT2D eigenvalue weighted by molar-refractivity contribution is -0.138. The zero-order chi connectivity index (χ0) is 19.5. The summed E-state index contributed by atoms with van der Waals surface area (Å²) in [4.78, 5) is 3.94. The van der Waals surface area contributed by atoms with Gasteiger partial charge < -0.3 is 15.2 Å². The van der Waals surface area contributed by atoms with E-state index in [2.05, 4.69) is 4.99 Å². The fourth-order valence-corrected chi connectivity index (χ4v) is 2.00. The Morgan fingerprint density at radius 2 is 1.73 bits per heavy atom. The van der Waals surface area contributed by atoms with Gasteiger partial charge >= 0.3 is 6.18 Å². The van der Waals surface area contributed by atoms with Crippen LogP contribution < -0.4 is 15.2 Å². The first-order chi connectivity index (χ1) is 12.2. The number of alkyl halides is 4. The lowest BCUT2D eigenvalue weighted by Crippen LogP contribution is -2.12. The Labute approximate surface area is 150 Å². The third-order valence-electron chi connectivity index (χ3n) is 3.09. The van der Waals surface area contributed by atoms with Crippen LogP contribution in [0.2, 0.25) is 0 Å². The van der Waals surface area contributed by atoms with Crippen molar-refractivity contribution in [2.45, 2.75) is 6.18 Å². The fourth-order valence-electron chi connectivity index (χ4n) is 1.94. The number of amidine groups is 1. The lowest BCUT2D eigenvalue weighted by atomic mass is 10.2. The van der Waals surface area contributed by atoms with Gasteiger partial charge in [-0.05, 0) is 24.3 Å². The third kappa shape index (κ3) is 4.54. The van der Waals surface area contributed by atoms with E-state index in [0.717, 1.165) is 0 Å². The minimum absolute atomic E-state index is 0.0512. The zero-order valence-electron chi connectivity index (χ0n) is 13.2. The van der Waals surface area contributed by atoms with Crippen molar-refractivity contribution < 1.29 is 31.4 Å². The van der Waals surface area contributed by atoms with E-state index in [1.807, 2.05) is 0 Å². The van der Waals surface area contributed by atoms with E-state index in [4.69, 9.17) is 26.8 Å². The molecule has 0 aliphatic rings. The molecule has 2 aromatic carbocycles. The lowest BCUT2D eigenvalue weighted by Gasteiger charge is -2.14. The summed E-state index contributed by atoms with van der Waals surface area (Å²) < 4.78 is 75.8. The van der Waals surface area contributed by atoms with Gasteiger partial charge in [0.05, 0.1) is 24.2 Å². The van der Waals surface area contributed by atoms with E-state index >= 15 is 0 Å². The van der Waals surface area contributed by atoms with Crippen molar-refractivity contribution in [3.05, 3.63) is 47.5 Å². The number of hydrogen-bond donors (Lipinski definition) is 1.